The summed E-state index contributed by atoms with van der Waals surface area (Å²) in [4.78, 5) is 0. The molecule has 1 aromatic rings. The summed E-state index contributed by atoms with van der Waals surface area (Å²) >= 11 is 0. The van der Waals surface area contributed by atoms with Gasteiger partial charge >= 0.3 is 0 Å². The zero-order valence-corrected chi connectivity index (χ0v) is 14.7. The van der Waals surface area contributed by atoms with E-state index in [1.165, 1.54) is 19.3 Å². The number of benzene rings is 1. The van der Waals surface area contributed by atoms with E-state index in [0.29, 0.717) is 18.2 Å². The molecule has 22 heavy (non-hydrogen) atoms. The number of hydrogen-bond donors (Lipinski definition) is 0. The highest BCUT2D eigenvalue weighted by atomic mass is 32.2. The van der Waals surface area contributed by atoms with E-state index < -0.39 is 10.0 Å². The Morgan fingerprint density at radius 3 is 2.36 bits per heavy atom. The topological polar surface area (TPSA) is 37.4 Å². The molecule has 0 spiro atoms. The van der Waals surface area contributed by atoms with Crippen LogP contribution in [-0.2, 0) is 16.6 Å². The average molecular weight is 324 g/mol. The Labute approximate surface area is 135 Å². The van der Waals surface area contributed by atoms with Crippen molar-refractivity contribution < 1.29 is 8.42 Å². The number of hydrogen-bond acceptors (Lipinski definition) is 2. The summed E-state index contributed by atoms with van der Waals surface area (Å²) in [7, 11) is -3.20. The summed E-state index contributed by atoms with van der Waals surface area (Å²) in [6.07, 6.45) is 6.61. The van der Waals surface area contributed by atoms with Gasteiger partial charge in [-0.05, 0) is 37.7 Å². The molecule has 0 heterocycles. The molecule has 1 atom stereocenters. The monoisotopic (exact) mass is 323 g/mol. The third kappa shape index (κ3) is 4.82. The molecule has 124 valence electrons. The van der Waals surface area contributed by atoms with Crippen molar-refractivity contribution in [3.63, 3.8) is 0 Å². The highest BCUT2D eigenvalue weighted by Gasteiger charge is 2.30. The van der Waals surface area contributed by atoms with Gasteiger partial charge in [0.1, 0.15) is 0 Å². The molecule has 0 radical (unpaired) electrons. The van der Waals surface area contributed by atoms with E-state index in [0.717, 1.165) is 24.8 Å². The molecule has 1 fully saturated rings. The van der Waals surface area contributed by atoms with Crippen LogP contribution in [-0.4, -0.2) is 24.5 Å². The van der Waals surface area contributed by atoms with Crippen molar-refractivity contribution in [2.24, 2.45) is 5.92 Å². The largest absolute Gasteiger partial charge is 0.214 e. The number of sulfonamides is 1. The van der Waals surface area contributed by atoms with Crippen LogP contribution >= 0.6 is 0 Å². The van der Waals surface area contributed by atoms with Crippen LogP contribution in [0.4, 0.5) is 0 Å². The zero-order valence-electron chi connectivity index (χ0n) is 13.9. The first-order valence-corrected chi connectivity index (χ1v) is 10.2. The molecule has 0 aliphatic heterocycles. The van der Waals surface area contributed by atoms with Crippen molar-refractivity contribution in [2.75, 3.05) is 5.75 Å². The van der Waals surface area contributed by atoms with Crippen molar-refractivity contribution >= 4 is 10.0 Å². The van der Waals surface area contributed by atoms with Gasteiger partial charge in [-0.25, -0.2) is 8.42 Å². The van der Waals surface area contributed by atoms with Crippen molar-refractivity contribution in [1.29, 1.82) is 0 Å². The molecule has 1 saturated carbocycles. The quantitative estimate of drug-likeness (QED) is 0.754. The van der Waals surface area contributed by atoms with E-state index in [4.69, 9.17) is 0 Å². The van der Waals surface area contributed by atoms with Crippen LogP contribution in [0.15, 0.2) is 30.3 Å². The maximum Gasteiger partial charge on any atom is 0.214 e. The van der Waals surface area contributed by atoms with E-state index in [-0.39, 0.29) is 6.04 Å². The molecule has 2 rings (SSSR count). The van der Waals surface area contributed by atoms with E-state index in [1.54, 1.807) is 4.31 Å². The molecule has 1 aliphatic rings. The van der Waals surface area contributed by atoms with Gasteiger partial charge < -0.3 is 0 Å². The summed E-state index contributed by atoms with van der Waals surface area (Å²) in [5.74, 6) is 0.672. The van der Waals surface area contributed by atoms with E-state index in [1.807, 2.05) is 37.3 Å². The molecule has 3 nitrogen and oxygen atoms in total. The lowest BCUT2D eigenvalue weighted by Gasteiger charge is -2.30. The first-order valence-electron chi connectivity index (χ1n) is 8.56. The molecule has 0 N–H and O–H groups in total. The second-order valence-electron chi connectivity index (χ2n) is 6.57. The summed E-state index contributed by atoms with van der Waals surface area (Å²) < 4.78 is 27.6. The van der Waals surface area contributed by atoms with Gasteiger partial charge in [0.2, 0.25) is 10.0 Å². The summed E-state index contributed by atoms with van der Waals surface area (Å²) in [5, 5.41) is 0. The van der Waals surface area contributed by atoms with Crippen LogP contribution in [0.5, 0.6) is 0 Å². The van der Waals surface area contributed by atoms with Gasteiger partial charge in [0.05, 0.1) is 5.75 Å². The fourth-order valence-corrected chi connectivity index (χ4v) is 5.41. The lowest BCUT2D eigenvalue weighted by atomic mass is 9.91. The predicted octanol–water partition coefficient (Wildman–Crippen LogP) is 4.20. The first kappa shape index (κ1) is 17.5. The lowest BCUT2D eigenvalue weighted by molar-refractivity contribution is 0.312. The Balaban J connectivity index is 2.12. The molecule has 0 bridgehead atoms. The Morgan fingerprint density at radius 1 is 1.14 bits per heavy atom. The van der Waals surface area contributed by atoms with Crippen molar-refractivity contribution in [3.05, 3.63) is 35.9 Å². The van der Waals surface area contributed by atoms with Crippen LogP contribution in [0, 0.1) is 5.92 Å². The third-order valence-corrected chi connectivity index (χ3v) is 6.89. The second kappa shape index (κ2) is 8.11. The molecule has 0 aromatic heterocycles. The Morgan fingerprint density at radius 2 is 1.77 bits per heavy atom. The van der Waals surface area contributed by atoms with Gasteiger partial charge in [-0.1, -0.05) is 56.5 Å². The lowest BCUT2D eigenvalue weighted by Crippen LogP contribution is -2.40. The normalized spacial score (nSPS) is 18.5. The summed E-state index contributed by atoms with van der Waals surface area (Å²) in [6.45, 7) is 4.56. The van der Waals surface area contributed by atoms with Crippen molar-refractivity contribution in [1.82, 2.24) is 4.31 Å². The first-order chi connectivity index (χ1) is 10.5. The number of nitrogens with zero attached hydrogens (tertiary/aromatic N) is 1. The highest BCUT2D eigenvalue weighted by Crippen LogP contribution is 2.27. The van der Waals surface area contributed by atoms with Gasteiger partial charge in [-0.2, -0.15) is 4.31 Å². The van der Waals surface area contributed by atoms with Crippen LogP contribution in [0.1, 0.15) is 57.9 Å². The molecule has 0 amide bonds. The molecule has 0 unspecified atom stereocenters. The molecular formula is C18H29NO2S. The van der Waals surface area contributed by atoms with Crippen LogP contribution < -0.4 is 0 Å². The van der Waals surface area contributed by atoms with E-state index in [9.17, 15) is 8.42 Å². The fraction of sp³-hybridized carbons (Fsp3) is 0.667. The smallest absolute Gasteiger partial charge is 0.212 e. The van der Waals surface area contributed by atoms with Gasteiger partial charge in [0.15, 0.2) is 0 Å². The van der Waals surface area contributed by atoms with Crippen LogP contribution in [0.25, 0.3) is 0 Å². The standard InChI is InChI=1S/C18H29NO2S/c1-3-16(2)19(14-17-10-6-4-7-11-17)22(20,21)15-18-12-8-5-9-13-18/h4,6-7,10-11,16,18H,3,5,8-9,12-15H2,1-2H3/t16-/m1/s1. The predicted molar refractivity (Wildman–Crippen MR) is 92.1 cm³/mol. The zero-order chi connectivity index (χ0) is 16.0. The SMILES string of the molecule is CC[C@@H](C)N(Cc1ccccc1)S(=O)(=O)CC1CCCCC1. The minimum Gasteiger partial charge on any atom is -0.212 e. The molecule has 4 heteroatoms. The maximum atomic E-state index is 12.9. The molecule has 1 aromatic carbocycles. The summed E-state index contributed by atoms with van der Waals surface area (Å²) in [5.41, 5.74) is 1.06. The van der Waals surface area contributed by atoms with Gasteiger partial charge in [0, 0.05) is 12.6 Å². The molecular weight excluding hydrogens is 294 g/mol. The van der Waals surface area contributed by atoms with Gasteiger partial charge in [-0.3, -0.25) is 0 Å². The van der Waals surface area contributed by atoms with E-state index in [2.05, 4.69) is 6.92 Å². The van der Waals surface area contributed by atoms with Crippen LogP contribution in [0.3, 0.4) is 0 Å². The Kier molecular flexibility index (Phi) is 6.45. The summed E-state index contributed by atoms with van der Waals surface area (Å²) in [6, 6.07) is 9.97. The average Bonchev–Trinajstić information content (AvgIpc) is 2.53. The minimum atomic E-state index is -3.20. The molecule has 0 saturated heterocycles. The van der Waals surface area contributed by atoms with Crippen molar-refractivity contribution in [2.45, 2.75) is 65.0 Å². The minimum absolute atomic E-state index is 0.0498. The maximum absolute atomic E-state index is 12.9. The van der Waals surface area contributed by atoms with Gasteiger partial charge in [-0.15, -0.1) is 0 Å². The van der Waals surface area contributed by atoms with Gasteiger partial charge in [0.25, 0.3) is 0 Å². The molecule has 1 aliphatic carbocycles. The third-order valence-electron chi connectivity index (χ3n) is 4.79. The van der Waals surface area contributed by atoms with E-state index >= 15 is 0 Å². The second-order valence-corrected chi connectivity index (χ2v) is 8.54. The fourth-order valence-electron chi connectivity index (χ4n) is 3.24. The number of rotatable bonds is 7. The van der Waals surface area contributed by atoms with Crippen LogP contribution in [0.2, 0.25) is 0 Å². The highest BCUT2D eigenvalue weighted by molar-refractivity contribution is 7.89. The Hall–Kier alpha value is -0.870. The Bertz CT molecular complexity index is 535. The van der Waals surface area contributed by atoms with Crippen molar-refractivity contribution in [3.8, 4) is 0 Å².